The molecule has 1 atom stereocenters. The predicted molar refractivity (Wildman–Crippen MR) is 82.4 cm³/mol. The number of piperidine rings is 1. The van der Waals surface area contributed by atoms with Gasteiger partial charge in [-0.05, 0) is 43.9 Å². The molecule has 1 aromatic carbocycles. The van der Waals surface area contributed by atoms with Gasteiger partial charge in [0.05, 0.1) is 0 Å². The Morgan fingerprint density at radius 1 is 1.22 bits per heavy atom. The van der Waals surface area contributed by atoms with Gasteiger partial charge >= 0.3 is 0 Å². The third kappa shape index (κ3) is 3.88. The molecule has 0 saturated carbocycles. The molecule has 1 unspecified atom stereocenters. The van der Waals surface area contributed by atoms with Crippen molar-refractivity contribution in [3.05, 3.63) is 35.6 Å². The van der Waals surface area contributed by atoms with Crippen LogP contribution in [0.25, 0.3) is 0 Å². The van der Waals surface area contributed by atoms with Crippen LogP contribution in [0.3, 0.4) is 0 Å². The topological polar surface area (TPSA) is 58.6 Å². The van der Waals surface area contributed by atoms with Crippen LogP contribution in [0.4, 0.5) is 4.39 Å². The average molecular weight is 320 g/mol. The molecule has 2 heterocycles. The Morgan fingerprint density at radius 2 is 2.00 bits per heavy atom. The number of halogens is 1. The summed E-state index contributed by atoms with van der Waals surface area (Å²) in [7, 11) is 0. The van der Waals surface area contributed by atoms with Crippen LogP contribution in [0.2, 0.25) is 0 Å². The number of nitrogens with zero attached hydrogens (tertiary/aromatic N) is 1. The van der Waals surface area contributed by atoms with Crippen LogP contribution in [0.15, 0.2) is 24.3 Å². The zero-order valence-corrected chi connectivity index (χ0v) is 13.0. The summed E-state index contributed by atoms with van der Waals surface area (Å²) in [4.78, 5) is 26.1. The standard InChI is InChI=1S/C17H21FN2O3/c18-13-4-1-3-12(11-13)17(22)20-8-6-14(7-9-20)19-16(21)15-5-2-10-23-15/h1,3-4,11,14-15H,2,5-10H2,(H,19,21). The molecule has 0 bridgehead atoms. The van der Waals surface area contributed by atoms with Gasteiger partial charge in [0.1, 0.15) is 11.9 Å². The highest BCUT2D eigenvalue weighted by Crippen LogP contribution is 2.17. The van der Waals surface area contributed by atoms with E-state index in [0.29, 0.717) is 38.1 Å². The molecular formula is C17H21FN2O3. The Bertz CT molecular complexity index is 579. The second-order valence-corrected chi connectivity index (χ2v) is 6.09. The molecule has 5 nitrogen and oxygen atoms in total. The predicted octanol–water partition coefficient (Wildman–Crippen LogP) is 1.73. The maximum Gasteiger partial charge on any atom is 0.253 e. The Labute approximate surface area is 134 Å². The first-order valence-corrected chi connectivity index (χ1v) is 8.10. The molecule has 2 aliphatic heterocycles. The largest absolute Gasteiger partial charge is 0.368 e. The molecule has 2 saturated heterocycles. The van der Waals surface area contributed by atoms with E-state index in [2.05, 4.69) is 5.32 Å². The van der Waals surface area contributed by atoms with Crippen LogP contribution in [-0.4, -0.2) is 48.6 Å². The Morgan fingerprint density at radius 3 is 2.65 bits per heavy atom. The van der Waals surface area contributed by atoms with Crippen molar-refractivity contribution in [2.24, 2.45) is 0 Å². The van der Waals surface area contributed by atoms with E-state index >= 15 is 0 Å². The number of benzene rings is 1. The molecule has 0 spiro atoms. The maximum absolute atomic E-state index is 13.2. The van der Waals surface area contributed by atoms with E-state index < -0.39 is 5.82 Å². The number of carbonyl (C=O) groups excluding carboxylic acids is 2. The summed E-state index contributed by atoms with van der Waals surface area (Å²) in [6.45, 7) is 1.77. The molecule has 0 aliphatic carbocycles. The molecule has 2 fully saturated rings. The Kier molecular flexibility index (Phi) is 4.91. The van der Waals surface area contributed by atoms with Crippen LogP contribution in [-0.2, 0) is 9.53 Å². The highest BCUT2D eigenvalue weighted by atomic mass is 19.1. The number of nitrogens with one attached hydrogen (secondary N) is 1. The first-order valence-electron chi connectivity index (χ1n) is 8.10. The number of amides is 2. The average Bonchev–Trinajstić information content (AvgIpc) is 3.09. The second-order valence-electron chi connectivity index (χ2n) is 6.09. The van der Waals surface area contributed by atoms with Gasteiger partial charge in [-0.2, -0.15) is 0 Å². The van der Waals surface area contributed by atoms with Crippen LogP contribution in [0.5, 0.6) is 0 Å². The molecule has 2 amide bonds. The maximum atomic E-state index is 13.2. The molecule has 3 rings (SSSR count). The lowest BCUT2D eigenvalue weighted by atomic mass is 10.0. The van der Waals surface area contributed by atoms with Crippen molar-refractivity contribution in [3.63, 3.8) is 0 Å². The summed E-state index contributed by atoms with van der Waals surface area (Å²) in [6, 6.07) is 5.81. The van der Waals surface area contributed by atoms with E-state index in [4.69, 9.17) is 4.74 Å². The summed E-state index contributed by atoms with van der Waals surface area (Å²) >= 11 is 0. The monoisotopic (exact) mass is 320 g/mol. The summed E-state index contributed by atoms with van der Waals surface area (Å²) in [5, 5.41) is 3.01. The molecule has 0 radical (unpaired) electrons. The second kappa shape index (κ2) is 7.08. The van der Waals surface area contributed by atoms with Gasteiger partial charge < -0.3 is 15.0 Å². The lowest BCUT2D eigenvalue weighted by molar-refractivity contribution is -0.131. The smallest absolute Gasteiger partial charge is 0.253 e. The summed E-state index contributed by atoms with van der Waals surface area (Å²) in [6.07, 6.45) is 2.81. The quantitative estimate of drug-likeness (QED) is 0.923. The lowest BCUT2D eigenvalue weighted by Gasteiger charge is -2.32. The molecule has 23 heavy (non-hydrogen) atoms. The minimum absolute atomic E-state index is 0.0441. The van der Waals surface area contributed by atoms with E-state index in [1.54, 1.807) is 11.0 Å². The van der Waals surface area contributed by atoms with Crippen molar-refractivity contribution >= 4 is 11.8 Å². The fourth-order valence-corrected chi connectivity index (χ4v) is 3.11. The normalized spacial score (nSPS) is 22.1. The van der Waals surface area contributed by atoms with Gasteiger partial charge in [-0.1, -0.05) is 6.07 Å². The van der Waals surface area contributed by atoms with Crippen molar-refractivity contribution in [2.45, 2.75) is 37.8 Å². The summed E-state index contributed by atoms with van der Waals surface area (Å²) in [5.41, 5.74) is 0.367. The number of hydrogen-bond donors (Lipinski definition) is 1. The molecule has 124 valence electrons. The number of likely N-dealkylation sites (tertiary alicyclic amines) is 1. The van der Waals surface area contributed by atoms with Crippen LogP contribution in [0, 0.1) is 5.82 Å². The van der Waals surface area contributed by atoms with Gasteiger partial charge in [-0.15, -0.1) is 0 Å². The number of carbonyl (C=O) groups is 2. The summed E-state index contributed by atoms with van der Waals surface area (Å²) in [5.74, 6) is -0.611. The highest BCUT2D eigenvalue weighted by Gasteiger charge is 2.28. The van der Waals surface area contributed by atoms with Crippen molar-refractivity contribution in [1.29, 1.82) is 0 Å². The van der Waals surface area contributed by atoms with Gasteiger partial charge in [0.15, 0.2) is 0 Å². The van der Waals surface area contributed by atoms with Gasteiger partial charge in [0.2, 0.25) is 5.91 Å². The van der Waals surface area contributed by atoms with E-state index in [1.165, 1.54) is 18.2 Å². The van der Waals surface area contributed by atoms with Gasteiger partial charge in [0, 0.05) is 31.3 Å². The van der Waals surface area contributed by atoms with Gasteiger partial charge in [-0.3, -0.25) is 9.59 Å². The van der Waals surface area contributed by atoms with Crippen molar-refractivity contribution in [2.75, 3.05) is 19.7 Å². The van der Waals surface area contributed by atoms with Crippen LogP contribution < -0.4 is 5.32 Å². The SMILES string of the molecule is O=C(NC1CCN(C(=O)c2cccc(F)c2)CC1)C1CCCO1. The molecule has 6 heteroatoms. The molecule has 1 aromatic rings. The number of hydrogen-bond acceptors (Lipinski definition) is 3. The van der Waals surface area contributed by atoms with Crippen molar-refractivity contribution in [1.82, 2.24) is 10.2 Å². The van der Waals surface area contributed by atoms with Crippen molar-refractivity contribution < 1.29 is 18.7 Å². The zero-order chi connectivity index (χ0) is 16.2. The van der Waals surface area contributed by atoms with E-state index in [1.807, 2.05) is 0 Å². The molecule has 0 aromatic heterocycles. The summed E-state index contributed by atoms with van der Waals surface area (Å²) < 4.78 is 18.6. The van der Waals surface area contributed by atoms with Gasteiger partial charge in [0.25, 0.3) is 5.91 Å². The lowest BCUT2D eigenvalue weighted by Crippen LogP contribution is -2.48. The van der Waals surface area contributed by atoms with Crippen molar-refractivity contribution in [3.8, 4) is 0 Å². The first-order chi connectivity index (χ1) is 11.1. The fraction of sp³-hybridized carbons (Fsp3) is 0.529. The molecule has 1 N–H and O–H groups in total. The van der Waals surface area contributed by atoms with E-state index in [9.17, 15) is 14.0 Å². The number of ether oxygens (including phenoxy) is 1. The van der Waals surface area contributed by atoms with E-state index in [0.717, 1.165) is 12.8 Å². The third-order valence-electron chi connectivity index (χ3n) is 4.42. The van der Waals surface area contributed by atoms with E-state index in [-0.39, 0.29) is 24.0 Å². The Hall–Kier alpha value is -1.95. The minimum atomic E-state index is -0.408. The van der Waals surface area contributed by atoms with Crippen LogP contribution >= 0.6 is 0 Å². The third-order valence-corrected chi connectivity index (χ3v) is 4.42. The van der Waals surface area contributed by atoms with Gasteiger partial charge in [-0.25, -0.2) is 4.39 Å². The first kappa shape index (κ1) is 15.9. The minimum Gasteiger partial charge on any atom is -0.368 e. The molecule has 2 aliphatic rings. The highest BCUT2D eigenvalue weighted by molar-refractivity contribution is 5.94. The number of rotatable bonds is 3. The zero-order valence-electron chi connectivity index (χ0n) is 13.0. The Balaban J connectivity index is 1.50. The molecular weight excluding hydrogens is 299 g/mol. The fourth-order valence-electron chi connectivity index (χ4n) is 3.11. The van der Waals surface area contributed by atoms with Crippen LogP contribution in [0.1, 0.15) is 36.0 Å².